The molecule has 0 aromatic carbocycles. The van der Waals surface area contributed by atoms with Crippen molar-refractivity contribution in [2.75, 3.05) is 18.0 Å². The van der Waals surface area contributed by atoms with E-state index in [0.717, 1.165) is 37.2 Å². The van der Waals surface area contributed by atoms with Gasteiger partial charge >= 0.3 is 5.97 Å². The molecule has 0 unspecified atom stereocenters. The van der Waals surface area contributed by atoms with Gasteiger partial charge in [-0.2, -0.15) is 0 Å². The predicted molar refractivity (Wildman–Crippen MR) is 60.8 cm³/mol. The lowest BCUT2D eigenvalue weighted by Gasteiger charge is -2.30. The Morgan fingerprint density at radius 1 is 1.44 bits per heavy atom. The van der Waals surface area contributed by atoms with E-state index in [1.54, 1.807) is 0 Å². The van der Waals surface area contributed by atoms with E-state index in [1.807, 2.05) is 6.92 Å². The van der Waals surface area contributed by atoms with Crippen LogP contribution in [0.3, 0.4) is 0 Å². The number of aromatic carboxylic acids is 1. The van der Waals surface area contributed by atoms with E-state index in [0.29, 0.717) is 0 Å². The Morgan fingerprint density at radius 3 is 2.75 bits per heavy atom. The van der Waals surface area contributed by atoms with Crippen LogP contribution in [0.15, 0.2) is 6.20 Å². The molecular formula is C12H15N2O2. The average molecular weight is 219 g/mol. The van der Waals surface area contributed by atoms with Crippen LogP contribution < -0.4 is 4.90 Å². The highest BCUT2D eigenvalue weighted by Crippen LogP contribution is 2.26. The second kappa shape index (κ2) is 4.51. The van der Waals surface area contributed by atoms with Crippen LogP contribution in [0.5, 0.6) is 0 Å². The van der Waals surface area contributed by atoms with Crippen molar-refractivity contribution in [2.24, 2.45) is 0 Å². The van der Waals surface area contributed by atoms with E-state index in [9.17, 15) is 4.79 Å². The minimum atomic E-state index is -0.912. The number of piperidine rings is 1. The molecule has 1 radical (unpaired) electrons. The number of carbonyl (C=O) groups is 1. The summed E-state index contributed by atoms with van der Waals surface area (Å²) in [5.74, 6) is -0.912. The molecule has 1 aromatic heterocycles. The van der Waals surface area contributed by atoms with Crippen molar-refractivity contribution in [1.29, 1.82) is 0 Å². The number of hydrogen-bond acceptors (Lipinski definition) is 3. The maximum atomic E-state index is 11.1. The smallest absolute Gasteiger partial charge is 0.339 e. The summed E-state index contributed by atoms with van der Waals surface area (Å²) in [7, 11) is 0. The van der Waals surface area contributed by atoms with Gasteiger partial charge in [-0.1, -0.05) is 0 Å². The summed E-state index contributed by atoms with van der Waals surface area (Å²) in [6.45, 7) is 3.72. The van der Waals surface area contributed by atoms with Crippen LogP contribution in [0, 0.1) is 13.1 Å². The number of pyridine rings is 1. The van der Waals surface area contributed by atoms with Gasteiger partial charge in [-0.05, 0) is 26.2 Å². The van der Waals surface area contributed by atoms with Crippen molar-refractivity contribution in [2.45, 2.75) is 26.2 Å². The van der Waals surface area contributed by atoms with E-state index in [1.165, 1.54) is 12.6 Å². The highest BCUT2D eigenvalue weighted by atomic mass is 16.4. The number of anilines is 1. The second-order valence-electron chi connectivity index (χ2n) is 4.11. The molecule has 85 valence electrons. The molecule has 1 N–H and O–H groups in total. The maximum absolute atomic E-state index is 11.1. The molecule has 1 fully saturated rings. The van der Waals surface area contributed by atoms with Gasteiger partial charge in [0.15, 0.2) is 0 Å². The molecule has 4 heteroatoms. The van der Waals surface area contributed by atoms with E-state index >= 15 is 0 Å². The normalized spacial score (nSPS) is 16.2. The van der Waals surface area contributed by atoms with Gasteiger partial charge in [0.25, 0.3) is 0 Å². The van der Waals surface area contributed by atoms with E-state index in [4.69, 9.17) is 5.11 Å². The predicted octanol–water partition coefficient (Wildman–Crippen LogP) is 1.88. The number of hydrogen-bond donors (Lipinski definition) is 1. The molecule has 1 saturated heterocycles. The Balaban J connectivity index is 2.40. The number of nitrogens with zero attached hydrogens (tertiary/aromatic N) is 2. The highest BCUT2D eigenvalue weighted by Gasteiger charge is 2.20. The fourth-order valence-corrected chi connectivity index (χ4v) is 2.19. The molecule has 0 atom stereocenters. The van der Waals surface area contributed by atoms with Crippen molar-refractivity contribution in [1.82, 2.24) is 4.98 Å². The van der Waals surface area contributed by atoms with E-state index in [-0.39, 0.29) is 5.56 Å². The number of carboxylic acid groups (broad SMARTS) is 1. The standard InChI is InChI=1S/C12H15N2O2/c1-9-7-13-8-10(12(15)16)11(9)14-5-3-2-4-6-14/h8H,2-6H2,1H3,(H,15,16). The van der Waals surface area contributed by atoms with Crippen LogP contribution in [0.25, 0.3) is 0 Å². The Bertz CT molecular complexity index is 398. The van der Waals surface area contributed by atoms with Gasteiger partial charge in [0.2, 0.25) is 0 Å². The maximum Gasteiger partial charge on any atom is 0.339 e. The van der Waals surface area contributed by atoms with Crippen molar-refractivity contribution < 1.29 is 9.90 Å². The summed E-state index contributed by atoms with van der Waals surface area (Å²) >= 11 is 0. The van der Waals surface area contributed by atoms with Crippen LogP contribution in [0.2, 0.25) is 0 Å². The molecule has 0 aliphatic carbocycles. The van der Waals surface area contributed by atoms with Crippen LogP contribution in [0.4, 0.5) is 5.69 Å². The molecule has 0 bridgehead atoms. The number of carboxylic acids is 1. The first-order chi connectivity index (χ1) is 7.70. The summed E-state index contributed by atoms with van der Waals surface area (Å²) in [6, 6.07) is 0. The Hall–Kier alpha value is -1.58. The van der Waals surface area contributed by atoms with Gasteiger partial charge in [-0.25, -0.2) is 4.79 Å². The minimum Gasteiger partial charge on any atom is -0.478 e. The zero-order chi connectivity index (χ0) is 11.5. The quantitative estimate of drug-likeness (QED) is 0.825. The fourth-order valence-electron chi connectivity index (χ4n) is 2.19. The van der Waals surface area contributed by atoms with Crippen LogP contribution in [0.1, 0.15) is 35.2 Å². The van der Waals surface area contributed by atoms with Gasteiger partial charge in [0.1, 0.15) is 5.56 Å². The Morgan fingerprint density at radius 2 is 2.12 bits per heavy atom. The monoisotopic (exact) mass is 219 g/mol. The third kappa shape index (κ3) is 2.01. The molecule has 0 spiro atoms. The van der Waals surface area contributed by atoms with Crippen LogP contribution in [-0.2, 0) is 0 Å². The van der Waals surface area contributed by atoms with E-state index in [2.05, 4.69) is 16.1 Å². The topological polar surface area (TPSA) is 53.4 Å². The fraction of sp³-hybridized carbons (Fsp3) is 0.500. The first-order valence-electron chi connectivity index (χ1n) is 5.55. The third-order valence-corrected chi connectivity index (χ3v) is 2.94. The minimum absolute atomic E-state index is 0.290. The summed E-state index contributed by atoms with van der Waals surface area (Å²) in [5, 5.41) is 9.14. The van der Waals surface area contributed by atoms with Gasteiger partial charge in [-0.3, -0.25) is 4.98 Å². The van der Waals surface area contributed by atoms with Gasteiger partial charge in [-0.15, -0.1) is 0 Å². The van der Waals surface area contributed by atoms with Crippen molar-refractivity contribution >= 4 is 11.7 Å². The lowest BCUT2D eigenvalue weighted by molar-refractivity contribution is 0.0697. The molecular weight excluding hydrogens is 204 g/mol. The van der Waals surface area contributed by atoms with Gasteiger partial charge in [0, 0.05) is 24.8 Å². The molecule has 1 aliphatic heterocycles. The number of rotatable bonds is 2. The summed E-state index contributed by atoms with van der Waals surface area (Å²) in [6.07, 6.45) is 7.71. The van der Waals surface area contributed by atoms with Crippen LogP contribution >= 0.6 is 0 Å². The number of aromatic nitrogens is 1. The molecule has 2 rings (SSSR count). The zero-order valence-corrected chi connectivity index (χ0v) is 9.36. The van der Waals surface area contributed by atoms with E-state index < -0.39 is 5.97 Å². The molecule has 1 aromatic rings. The number of aryl methyl sites for hydroxylation is 1. The summed E-state index contributed by atoms with van der Waals surface area (Å²) in [5.41, 5.74) is 1.90. The first kappa shape index (κ1) is 10.9. The zero-order valence-electron chi connectivity index (χ0n) is 9.36. The molecule has 4 nitrogen and oxygen atoms in total. The molecule has 1 aliphatic rings. The molecule has 0 saturated carbocycles. The lowest BCUT2D eigenvalue weighted by atomic mass is 10.1. The summed E-state index contributed by atoms with van der Waals surface area (Å²) in [4.78, 5) is 17.1. The molecule has 2 heterocycles. The molecule has 16 heavy (non-hydrogen) atoms. The van der Waals surface area contributed by atoms with Crippen LogP contribution in [-0.4, -0.2) is 29.1 Å². The third-order valence-electron chi connectivity index (χ3n) is 2.94. The van der Waals surface area contributed by atoms with Gasteiger partial charge < -0.3 is 10.0 Å². The van der Waals surface area contributed by atoms with Crippen molar-refractivity contribution in [3.8, 4) is 0 Å². The summed E-state index contributed by atoms with van der Waals surface area (Å²) < 4.78 is 0. The Kier molecular flexibility index (Phi) is 3.08. The second-order valence-corrected chi connectivity index (χ2v) is 4.11. The average Bonchev–Trinajstić information content (AvgIpc) is 2.29. The SMILES string of the molecule is Cc1[c]ncc(C(=O)O)c1N1CCCCC1. The van der Waals surface area contributed by atoms with Crippen molar-refractivity contribution in [3.63, 3.8) is 0 Å². The Labute approximate surface area is 94.9 Å². The van der Waals surface area contributed by atoms with Gasteiger partial charge in [0.05, 0.1) is 11.9 Å². The molecule has 0 amide bonds. The lowest BCUT2D eigenvalue weighted by Crippen LogP contribution is -2.31. The largest absolute Gasteiger partial charge is 0.478 e. The first-order valence-corrected chi connectivity index (χ1v) is 5.55. The highest BCUT2D eigenvalue weighted by molar-refractivity contribution is 5.94. The van der Waals surface area contributed by atoms with Crippen molar-refractivity contribution in [3.05, 3.63) is 23.5 Å².